The van der Waals surface area contributed by atoms with Gasteiger partial charge in [-0.2, -0.15) is 0 Å². The van der Waals surface area contributed by atoms with Crippen molar-refractivity contribution in [1.82, 2.24) is 5.32 Å². The topological polar surface area (TPSA) is 78.5 Å². The van der Waals surface area contributed by atoms with Crippen molar-refractivity contribution in [2.75, 3.05) is 22.7 Å². The van der Waals surface area contributed by atoms with Crippen LogP contribution in [0.25, 0.3) is 0 Å². The van der Waals surface area contributed by atoms with Crippen LogP contribution in [-0.4, -0.2) is 27.5 Å². The number of terminal acetylenes is 1. The van der Waals surface area contributed by atoms with Crippen molar-refractivity contribution in [3.05, 3.63) is 54.1 Å². The van der Waals surface area contributed by atoms with Gasteiger partial charge in [0.05, 0.1) is 4.90 Å². The average molecular weight is 355 g/mol. The lowest BCUT2D eigenvalue weighted by Crippen LogP contribution is -2.27. The maximum absolute atomic E-state index is 12.5. The van der Waals surface area contributed by atoms with Crippen molar-refractivity contribution in [2.24, 2.45) is 0 Å². The van der Waals surface area contributed by atoms with Gasteiger partial charge in [0, 0.05) is 30.9 Å². The quantitative estimate of drug-likeness (QED) is 0.807. The minimum atomic E-state index is -3.70. The van der Waals surface area contributed by atoms with Gasteiger partial charge >= 0.3 is 6.03 Å². The third-order valence-electron chi connectivity index (χ3n) is 3.83. The maximum Gasteiger partial charge on any atom is 0.321 e. The molecule has 1 fully saturated rings. The standard InChI is InChI=1S/C18H17N3O3S/c1-2-3-14-4-6-15(7-5-14)20-25(23,24)17-10-8-16(9-11-17)21-13-12-19-18(21)22/h1,4-11,20H,3,12-13H2,(H,19,22). The molecule has 0 atom stereocenters. The highest BCUT2D eigenvalue weighted by Crippen LogP contribution is 2.21. The van der Waals surface area contributed by atoms with Crippen LogP contribution in [0.5, 0.6) is 0 Å². The number of nitrogens with one attached hydrogen (secondary N) is 2. The summed E-state index contributed by atoms with van der Waals surface area (Å²) in [6.45, 7) is 1.14. The molecule has 0 aromatic heterocycles. The number of sulfonamides is 1. The van der Waals surface area contributed by atoms with Crippen LogP contribution in [0, 0.1) is 12.3 Å². The number of rotatable bonds is 5. The normalized spacial score (nSPS) is 14.0. The Labute approximate surface area is 146 Å². The molecule has 0 bridgehead atoms. The zero-order valence-electron chi connectivity index (χ0n) is 13.4. The Morgan fingerprint density at radius 1 is 1.12 bits per heavy atom. The fraction of sp³-hybridized carbons (Fsp3) is 0.167. The first-order chi connectivity index (χ1) is 12.0. The number of amides is 2. The molecule has 0 radical (unpaired) electrons. The van der Waals surface area contributed by atoms with Gasteiger partial charge in [-0.1, -0.05) is 12.1 Å². The monoisotopic (exact) mass is 355 g/mol. The third-order valence-corrected chi connectivity index (χ3v) is 5.23. The summed E-state index contributed by atoms with van der Waals surface area (Å²) in [6.07, 6.45) is 5.75. The molecule has 2 amide bonds. The van der Waals surface area contributed by atoms with Gasteiger partial charge in [0.15, 0.2) is 0 Å². The lowest BCUT2D eigenvalue weighted by molar-refractivity contribution is 0.252. The van der Waals surface area contributed by atoms with Crippen LogP contribution in [0.4, 0.5) is 16.2 Å². The molecular weight excluding hydrogens is 338 g/mol. The van der Waals surface area contributed by atoms with Gasteiger partial charge in [-0.25, -0.2) is 13.2 Å². The van der Waals surface area contributed by atoms with E-state index >= 15 is 0 Å². The van der Waals surface area contributed by atoms with Gasteiger partial charge in [-0.05, 0) is 42.0 Å². The van der Waals surface area contributed by atoms with Gasteiger partial charge in [0.1, 0.15) is 0 Å². The molecule has 2 aromatic carbocycles. The predicted molar refractivity (Wildman–Crippen MR) is 97.0 cm³/mol. The van der Waals surface area contributed by atoms with Gasteiger partial charge in [-0.15, -0.1) is 12.3 Å². The number of benzene rings is 2. The third kappa shape index (κ3) is 3.75. The highest BCUT2D eigenvalue weighted by atomic mass is 32.2. The molecule has 128 valence electrons. The molecule has 6 nitrogen and oxygen atoms in total. The average Bonchev–Trinajstić information content (AvgIpc) is 3.03. The summed E-state index contributed by atoms with van der Waals surface area (Å²) < 4.78 is 27.5. The number of anilines is 2. The van der Waals surface area contributed by atoms with Crippen LogP contribution in [0.1, 0.15) is 5.56 Å². The first-order valence-electron chi connectivity index (χ1n) is 7.70. The summed E-state index contributed by atoms with van der Waals surface area (Å²) >= 11 is 0. The lowest BCUT2D eigenvalue weighted by Gasteiger charge is -2.15. The molecule has 0 aliphatic carbocycles. The fourth-order valence-corrected chi connectivity index (χ4v) is 3.60. The Bertz CT molecular complexity index is 914. The number of hydrogen-bond acceptors (Lipinski definition) is 3. The minimum absolute atomic E-state index is 0.128. The molecule has 2 N–H and O–H groups in total. The summed E-state index contributed by atoms with van der Waals surface area (Å²) in [5, 5.41) is 2.70. The zero-order valence-corrected chi connectivity index (χ0v) is 14.2. The Balaban J connectivity index is 1.75. The largest absolute Gasteiger partial charge is 0.336 e. The minimum Gasteiger partial charge on any atom is -0.336 e. The second kappa shape index (κ2) is 6.87. The van der Waals surface area contributed by atoms with Gasteiger partial charge < -0.3 is 5.32 Å². The second-order valence-corrected chi connectivity index (χ2v) is 7.24. The van der Waals surface area contributed by atoms with Crippen molar-refractivity contribution in [3.8, 4) is 12.3 Å². The van der Waals surface area contributed by atoms with Crippen molar-refractivity contribution >= 4 is 27.4 Å². The van der Waals surface area contributed by atoms with Crippen molar-refractivity contribution in [2.45, 2.75) is 11.3 Å². The van der Waals surface area contributed by atoms with E-state index in [9.17, 15) is 13.2 Å². The summed E-state index contributed by atoms with van der Waals surface area (Å²) in [6, 6.07) is 12.9. The Morgan fingerprint density at radius 2 is 1.80 bits per heavy atom. The highest BCUT2D eigenvalue weighted by molar-refractivity contribution is 7.92. The Kier molecular flexibility index (Phi) is 4.63. The second-order valence-electron chi connectivity index (χ2n) is 5.56. The van der Waals surface area contributed by atoms with Crippen LogP contribution in [0.2, 0.25) is 0 Å². The number of nitrogens with zero attached hydrogens (tertiary/aromatic N) is 1. The lowest BCUT2D eigenvalue weighted by atomic mass is 10.1. The van der Waals surface area contributed by atoms with Crippen LogP contribution < -0.4 is 14.9 Å². The summed E-state index contributed by atoms with van der Waals surface area (Å²) in [4.78, 5) is 13.3. The molecule has 25 heavy (non-hydrogen) atoms. The summed E-state index contributed by atoms with van der Waals surface area (Å²) in [5.41, 5.74) is 2.06. The highest BCUT2D eigenvalue weighted by Gasteiger charge is 2.22. The molecule has 2 aromatic rings. The van der Waals surface area contributed by atoms with E-state index in [2.05, 4.69) is 16.0 Å². The number of carbonyl (C=O) groups excluding carboxylic acids is 1. The summed E-state index contributed by atoms with van der Waals surface area (Å²) in [5.74, 6) is 2.54. The first kappa shape index (κ1) is 16.9. The molecule has 0 spiro atoms. The first-order valence-corrected chi connectivity index (χ1v) is 9.18. The molecule has 1 saturated heterocycles. The molecule has 0 unspecified atom stereocenters. The SMILES string of the molecule is C#CCc1ccc(NS(=O)(=O)c2ccc(N3CCNC3=O)cc2)cc1. The van der Waals surface area contributed by atoms with E-state index in [1.54, 1.807) is 41.3 Å². The molecule has 0 saturated carbocycles. The van der Waals surface area contributed by atoms with E-state index in [0.29, 0.717) is 30.9 Å². The van der Waals surface area contributed by atoms with Crippen LogP contribution in [0.3, 0.4) is 0 Å². The molecular formula is C18H17N3O3S. The summed E-state index contributed by atoms with van der Waals surface area (Å²) in [7, 11) is -3.70. The zero-order chi connectivity index (χ0) is 17.9. The van der Waals surface area contributed by atoms with Crippen LogP contribution in [-0.2, 0) is 16.4 Å². The van der Waals surface area contributed by atoms with Crippen molar-refractivity contribution < 1.29 is 13.2 Å². The van der Waals surface area contributed by atoms with Crippen molar-refractivity contribution in [3.63, 3.8) is 0 Å². The van der Waals surface area contributed by atoms with Gasteiger partial charge in [0.25, 0.3) is 10.0 Å². The van der Waals surface area contributed by atoms with E-state index < -0.39 is 10.0 Å². The predicted octanol–water partition coefficient (Wildman–Crippen LogP) is 2.19. The molecule has 3 rings (SSSR count). The molecule has 1 aliphatic heterocycles. The van der Waals surface area contributed by atoms with Gasteiger partial charge in [0.2, 0.25) is 0 Å². The van der Waals surface area contributed by atoms with E-state index in [4.69, 9.17) is 6.42 Å². The van der Waals surface area contributed by atoms with E-state index in [1.807, 2.05) is 0 Å². The number of carbonyl (C=O) groups is 1. The molecule has 1 aliphatic rings. The fourth-order valence-electron chi connectivity index (χ4n) is 2.55. The van der Waals surface area contributed by atoms with Gasteiger partial charge in [-0.3, -0.25) is 9.62 Å². The van der Waals surface area contributed by atoms with Crippen LogP contribution >= 0.6 is 0 Å². The number of urea groups is 1. The molecule has 7 heteroatoms. The Morgan fingerprint density at radius 3 is 2.36 bits per heavy atom. The van der Waals surface area contributed by atoms with Crippen molar-refractivity contribution in [1.29, 1.82) is 0 Å². The van der Waals surface area contributed by atoms with E-state index in [1.165, 1.54) is 12.1 Å². The van der Waals surface area contributed by atoms with E-state index in [-0.39, 0.29) is 10.9 Å². The van der Waals surface area contributed by atoms with Crippen LogP contribution in [0.15, 0.2) is 53.4 Å². The smallest absolute Gasteiger partial charge is 0.321 e. The van der Waals surface area contributed by atoms with E-state index in [0.717, 1.165) is 5.56 Å². The number of hydrogen-bond donors (Lipinski definition) is 2. The maximum atomic E-state index is 12.5. The molecule has 1 heterocycles. The Hall–Kier alpha value is -2.98.